The first kappa shape index (κ1) is 48.4. The highest BCUT2D eigenvalue weighted by atomic mass is 16.3. The molecule has 0 spiro atoms. The van der Waals surface area contributed by atoms with Gasteiger partial charge in [0.05, 0.1) is 11.4 Å². The molecular weight excluding hydrogens is 846 g/mol. The molecule has 1 N–H and O–H groups in total. The van der Waals surface area contributed by atoms with Crippen molar-refractivity contribution in [1.29, 1.82) is 0 Å². The van der Waals surface area contributed by atoms with E-state index in [2.05, 4.69) is 226 Å². The van der Waals surface area contributed by atoms with Crippen molar-refractivity contribution < 1.29 is 5.11 Å². The maximum absolute atomic E-state index is 13.0. The quantitative estimate of drug-likeness (QED) is 0.0975. The van der Waals surface area contributed by atoms with Crippen LogP contribution in [0.1, 0.15) is 138 Å². The lowest BCUT2D eigenvalue weighted by atomic mass is 9.62. The Bertz CT molecular complexity index is 3260. The van der Waals surface area contributed by atoms with Gasteiger partial charge in [-0.3, -0.25) is 0 Å². The van der Waals surface area contributed by atoms with E-state index >= 15 is 0 Å². The van der Waals surface area contributed by atoms with Gasteiger partial charge in [-0.25, -0.2) is 0 Å². The number of anilines is 1. The lowest BCUT2D eigenvalue weighted by Crippen LogP contribution is -2.34. The standard InChI is InChI=1S/C67H70BNO/c1-11-14-24-43(4)33-36-59(48(13-3)46-26-16-15-17-27-46)69-60(56-39-57-58(42-62(56)70)67(9,10)38-37-66(57,7)8)40-55-52(63-45(6)34-35-47-28-19-21-30-50(47)63)31-22-32-53(55)64-51(23-12-2)54(41-61(69)65(64)68)49-29-20-18-25-44(49)5/h13,15-22,25-36,39-42,70H,11-12,14,23-24,37-38H2,1-10H3/b43-33+,48-13-,59-36+,60-40-. The molecule has 0 aromatic heterocycles. The van der Waals surface area contributed by atoms with Gasteiger partial charge in [0.15, 0.2) is 0 Å². The van der Waals surface area contributed by atoms with Gasteiger partial charge >= 0.3 is 0 Å². The summed E-state index contributed by atoms with van der Waals surface area (Å²) in [5.41, 5.74) is 21.6. The third-order valence-corrected chi connectivity index (χ3v) is 15.5. The first-order valence-electron chi connectivity index (χ1n) is 25.8. The fourth-order valence-electron chi connectivity index (χ4n) is 11.5. The first-order valence-corrected chi connectivity index (χ1v) is 25.8. The van der Waals surface area contributed by atoms with Gasteiger partial charge in [-0.2, -0.15) is 0 Å². The minimum atomic E-state index is -0.119. The number of fused-ring (bicyclic) bond motifs is 6. The molecule has 0 unspecified atom stereocenters. The van der Waals surface area contributed by atoms with Gasteiger partial charge in [-0.15, -0.1) is 0 Å². The van der Waals surface area contributed by atoms with Gasteiger partial charge in [0, 0.05) is 16.8 Å². The van der Waals surface area contributed by atoms with Crippen molar-refractivity contribution in [1.82, 2.24) is 0 Å². The van der Waals surface area contributed by atoms with Crippen molar-refractivity contribution in [2.75, 3.05) is 4.90 Å². The molecule has 1 heterocycles. The summed E-state index contributed by atoms with van der Waals surface area (Å²) in [6.45, 7) is 22.8. The monoisotopic (exact) mass is 916 g/mol. The fraction of sp³-hybridized carbons (Fsp3) is 0.284. The molecule has 352 valence electrons. The number of aromatic hydroxyl groups is 1. The van der Waals surface area contributed by atoms with E-state index in [-0.39, 0.29) is 16.6 Å². The maximum Gasteiger partial charge on any atom is 0.125 e. The molecular formula is C67H70BNO. The summed E-state index contributed by atoms with van der Waals surface area (Å²) in [7, 11) is 8.06. The van der Waals surface area contributed by atoms with Crippen molar-refractivity contribution in [2.45, 2.75) is 125 Å². The van der Waals surface area contributed by atoms with Gasteiger partial charge in [-0.05, 0) is 184 Å². The minimum Gasteiger partial charge on any atom is -0.507 e. The third-order valence-electron chi connectivity index (χ3n) is 15.5. The Hall–Kier alpha value is -6.58. The highest BCUT2D eigenvalue weighted by Crippen LogP contribution is 2.52. The molecule has 2 radical (unpaired) electrons. The van der Waals surface area contributed by atoms with E-state index in [1.54, 1.807) is 0 Å². The highest BCUT2D eigenvalue weighted by Gasteiger charge is 2.39. The Morgan fingerprint density at radius 1 is 0.671 bits per heavy atom. The van der Waals surface area contributed by atoms with Crippen LogP contribution in [0.25, 0.3) is 61.5 Å². The third kappa shape index (κ3) is 8.82. The summed E-state index contributed by atoms with van der Waals surface area (Å²) in [6.07, 6.45) is 16.4. The van der Waals surface area contributed by atoms with Crippen LogP contribution in [0.2, 0.25) is 0 Å². The Labute approximate surface area is 420 Å². The molecule has 7 aromatic rings. The second-order valence-corrected chi connectivity index (χ2v) is 21.3. The van der Waals surface area contributed by atoms with E-state index < -0.39 is 0 Å². The number of hydrogen-bond acceptors (Lipinski definition) is 2. The smallest absolute Gasteiger partial charge is 0.125 e. The summed E-state index contributed by atoms with van der Waals surface area (Å²) in [4.78, 5) is 2.42. The number of phenolic OH excluding ortho intramolecular Hbond substituents is 1. The molecule has 0 atom stereocenters. The Balaban J connectivity index is 1.53. The molecule has 70 heavy (non-hydrogen) atoms. The van der Waals surface area contributed by atoms with Crippen LogP contribution in [0.15, 0.2) is 157 Å². The number of hydrogen-bond donors (Lipinski definition) is 1. The van der Waals surface area contributed by atoms with E-state index in [0.717, 1.165) is 106 Å². The average molecular weight is 916 g/mol. The van der Waals surface area contributed by atoms with Gasteiger partial charge in [0.1, 0.15) is 13.6 Å². The zero-order valence-electron chi connectivity index (χ0n) is 43.4. The van der Waals surface area contributed by atoms with Crippen LogP contribution < -0.4 is 10.4 Å². The molecule has 1 aliphatic heterocycles. The Morgan fingerprint density at radius 3 is 2.03 bits per heavy atom. The zero-order chi connectivity index (χ0) is 49.5. The van der Waals surface area contributed by atoms with Crippen LogP contribution in [0, 0.1) is 13.8 Å². The number of unbranched alkanes of at least 4 members (excludes halogenated alkanes) is 1. The second kappa shape index (κ2) is 19.7. The van der Waals surface area contributed by atoms with E-state index in [9.17, 15) is 5.11 Å². The molecule has 0 amide bonds. The molecule has 2 nitrogen and oxygen atoms in total. The molecule has 0 saturated carbocycles. The maximum atomic E-state index is 13.0. The topological polar surface area (TPSA) is 23.5 Å². The van der Waals surface area contributed by atoms with Crippen LogP contribution in [-0.2, 0) is 17.3 Å². The number of phenols is 1. The molecule has 0 saturated heterocycles. The van der Waals surface area contributed by atoms with Gasteiger partial charge in [-0.1, -0.05) is 187 Å². The predicted octanol–water partition coefficient (Wildman–Crippen LogP) is 17.7. The number of rotatable bonds is 12. The number of nitrogens with zero attached hydrogens (tertiary/aromatic N) is 1. The summed E-state index contributed by atoms with van der Waals surface area (Å²) in [6, 6.07) is 46.4. The molecule has 3 heteroatoms. The lowest BCUT2D eigenvalue weighted by Gasteiger charge is -2.43. The lowest BCUT2D eigenvalue weighted by molar-refractivity contribution is 0.329. The van der Waals surface area contributed by atoms with Crippen LogP contribution in [0.5, 0.6) is 5.75 Å². The highest BCUT2D eigenvalue weighted by molar-refractivity contribution is 6.41. The van der Waals surface area contributed by atoms with Crippen LogP contribution in [-0.4, -0.2) is 13.0 Å². The zero-order valence-corrected chi connectivity index (χ0v) is 43.4. The molecule has 2 aliphatic rings. The van der Waals surface area contributed by atoms with Crippen molar-refractivity contribution in [3.63, 3.8) is 0 Å². The van der Waals surface area contributed by atoms with E-state index in [1.165, 1.54) is 60.9 Å². The SMILES string of the molecule is [B]c1c2cc(-c3ccccc3C)c(CCC)c1-c1cccc(-c3c(C)ccc4ccccc34)c1/C=C(/c1cc3c(cc1O)C(C)(C)CCC3(C)C)N2C(=C/C=C(\C)CCCC)/C(=C\C)c1ccccc1. The molecule has 7 aromatic carbocycles. The van der Waals surface area contributed by atoms with Crippen molar-refractivity contribution >= 4 is 47.1 Å². The molecule has 2 bridgehead atoms. The normalized spacial score (nSPS) is 16.3. The average Bonchev–Trinajstić information content (AvgIpc) is 3.35. The number of benzene rings is 7. The van der Waals surface area contributed by atoms with Crippen molar-refractivity contribution in [2.24, 2.45) is 0 Å². The van der Waals surface area contributed by atoms with Crippen molar-refractivity contribution in [3.8, 4) is 39.1 Å². The van der Waals surface area contributed by atoms with Crippen LogP contribution >= 0.6 is 0 Å². The van der Waals surface area contributed by atoms with Gasteiger partial charge in [0.25, 0.3) is 0 Å². The summed E-state index contributed by atoms with van der Waals surface area (Å²) in [5.74, 6) is 0.262. The summed E-state index contributed by atoms with van der Waals surface area (Å²) in [5, 5.41) is 15.4. The van der Waals surface area contributed by atoms with Crippen LogP contribution in [0.3, 0.4) is 0 Å². The second-order valence-electron chi connectivity index (χ2n) is 21.3. The van der Waals surface area contributed by atoms with E-state index in [4.69, 9.17) is 7.85 Å². The van der Waals surface area contributed by atoms with Gasteiger partial charge < -0.3 is 10.0 Å². The minimum absolute atomic E-state index is 0.101. The Kier molecular flexibility index (Phi) is 13.6. The molecule has 0 fully saturated rings. The van der Waals surface area contributed by atoms with Crippen LogP contribution in [0.4, 0.5) is 5.69 Å². The first-order chi connectivity index (χ1) is 33.7. The van der Waals surface area contributed by atoms with Crippen molar-refractivity contribution in [3.05, 3.63) is 201 Å². The predicted molar refractivity (Wildman–Crippen MR) is 304 cm³/mol. The molecule has 9 rings (SSSR count). The number of aryl methyl sites for hydroxylation is 2. The summed E-state index contributed by atoms with van der Waals surface area (Å²) >= 11 is 0. The number of allylic oxidation sites excluding steroid dienone is 5. The molecule has 1 aliphatic carbocycles. The van der Waals surface area contributed by atoms with Gasteiger partial charge in [0.2, 0.25) is 0 Å². The Morgan fingerprint density at radius 2 is 1.33 bits per heavy atom. The fourth-order valence-corrected chi connectivity index (χ4v) is 11.5. The van der Waals surface area contributed by atoms with E-state index in [0.29, 0.717) is 0 Å². The largest absolute Gasteiger partial charge is 0.507 e. The summed E-state index contributed by atoms with van der Waals surface area (Å²) < 4.78 is 0. The van der Waals surface area contributed by atoms with E-state index in [1.807, 2.05) is 0 Å².